The van der Waals surface area contributed by atoms with Gasteiger partial charge in [-0.2, -0.15) is 0 Å². The summed E-state index contributed by atoms with van der Waals surface area (Å²) in [5.41, 5.74) is 1.65. The smallest absolute Gasteiger partial charge is 0.123 e. The Morgan fingerprint density at radius 1 is 1.42 bits per heavy atom. The van der Waals surface area contributed by atoms with Crippen LogP contribution >= 0.6 is 11.6 Å². The Labute approximate surface area is 77.3 Å². The highest BCUT2D eigenvalue weighted by Crippen LogP contribution is 2.26. The van der Waals surface area contributed by atoms with E-state index in [-0.39, 0.29) is 5.75 Å². The minimum absolute atomic E-state index is 0.273. The summed E-state index contributed by atoms with van der Waals surface area (Å²) in [5.74, 6) is 0.273. The fourth-order valence-electron chi connectivity index (χ4n) is 0.995. The van der Waals surface area contributed by atoms with Gasteiger partial charge in [-0.15, -0.1) is 0 Å². The van der Waals surface area contributed by atoms with Crippen LogP contribution in [0.5, 0.6) is 5.75 Å². The molecule has 0 bridgehead atoms. The van der Waals surface area contributed by atoms with E-state index in [1.54, 1.807) is 12.1 Å². The van der Waals surface area contributed by atoms with E-state index in [4.69, 9.17) is 11.6 Å². The molecular weight excluding hydrogens is 172 g/mol. The van der Waals surface area contributed by atoms with Crippen molar-refractivity contribution < 1.29 is 5.11 Å². The SMILES string of the molecule is C/C=C/c1cc(Cl)c(C)cc1O. The molecule has 1 rings (SSSR count). The van der Waals surface area contributed by atoms with Crippen LogP contribution in [0.1, 0.15) is 18.1 Å². The third-order valence-electron chi connectivity index (χ3n) is 1.65. The third-order valence-corrected chi connectivity index (χ3v) is 2.06. The molecule has 0 aliphatic carbocycles. The van der Waals surface area contributed by atoms with Crippen molar-refractivity contribution in [2.45, 2.75) is 13.8 Å². The van der Waals surface area contributed by atoms with Gasteiger partial charge >= 0.3 is 0 Å². The zero-order chi connectivity index (χ0) is 9.14. The molecule has 64 valence electrons. The van der Waals surface area contributed by atoms with Crippen LogP contribution in [0.2, 0.25) is 5.02 Å². The molecule has 0 aliphatic rings. The van der Waals surface area contributed by atoms with Crippen molar-refractivity contribution in [3.63, 3.8) is 0 Å². The second-order valence-electron chi connectivity index (χ2n) is 2.66. The Bertz CT molecular complexity index is 316. The quantitative estimate of drug-likeness (QED) is 0.706. The molecule has 12 heavy (non-hydrogen) atoms. The molecule has 0 amide bonds. The molecule has 1 aromatic rings. The maximum atomic E-state index is 9.44. The van der Waals surface area contributed by atoms with Crippen molar-refractivity contribution in [2.24, 2.45) is 0 Å². The van der Waals surface area contributed by atoms with E-state index in [9.17, 15) is 5.11 Å². The van der Waals surface area contributed by atoms with Gasteiger partial charge in [0.05, 0.1) is 0 Å². The average molecular weight is 183 g/mol. The first-order valence-corrected chi connectivity index (χ1v) is 4.14. The number of aryl methyl sites for hydroxylation is 1. The molecular formula is C10H11ClO. The maximum absolute atomic E-state index is 9.44. The molecule has 1 N–H and O–H groups in total. The molecule has 0 saturated carbocycles. The summed E-state index contributed by atoms with van der Waals surface area (Å²) >= 11 is 5.88. The van der Waals surface area contributed by atoms with Crippen LogP contribution in [-0.2, 0) is 0 Å². The molecule has 2 heteroatoms. The van der Waals surface area contributed by atoms with Gasteiger partial charge in [0, 0.05) is 10.6 Å². The summed E-state index contributed by atoms with van der Waals surface area (Å²) in [7, 11) is 0. The van der Waals surface area contributed by atoms with Gasteiger partial charge in [0.2, 0.25) is 0 Å². The second-order valence-corrected chi connectivity index (χ2v) is 3.07. The largest absolute Gasteiger partial charge is 0.507 e. The predicted octanol–water partition coefficient (Wildman–Crippen LogP) is 3.39. The van der Waals surface area contributed by atoms with Crippen LogP contribution in [0, 0.1) is 6.92 Å². The lowest BCUT2D eigenvalue weighted by Gasteiger charge is -2.02. The number of benzene rings is 1. The monoisotopic (exact) mass is 182 g/mol. The summed E-state index contributed by atoms with van der Waals surface area (Å²) in [4.78, 5) is 0. The molecule has 0 aromatic heterocycles. The lowest BCUT2D eigenvalue weighted by molar-refractivity contribution is 0.473. The number of phenols is 1. The fourth-order valence-corrected chi connectivity index (χ4v) is 1.17. The molecule has 0 spiro atoms. The highest BCUT2D eigenvalue weighted by atomic mass is 35.5. The summed E-state index contributed by atoms with van der Waals surface area (Å²) < 4.78 is 0. The van der Waals surface area contributed by atoms with Gasteiger partial charge in [-0.1, -0.05) is 23.8 Å². The Kier molecular flexibility index (Phi) is 2.77. The number of rotatable bonds is 1. The Balaban J connectivity index is 3.23. The Morgan fingerprint density at radius 2 is 2.08 bits per heavy atom. The van der Waals surface area contributed by atoms with Crippen molar-refractivity contribution in [1.82, 2.24) is 0 Å². The standard InChI is InChI=1S/C10H11ClO/c1-3-4-8-6-9(11)7(2)5-10(8)12/h3-6,12H,1-2H3/b4-3+. The van der Waals surface area contributed by atoms with Gasteiger partial charge in [-0.25, -0.2) is 0 Å². The van der Waals surface area contributed by atoms with Gasteiger partial charge in [0.15, 0.2) is 0 Å². The van der Waals surface area contributed by atoms with E-state index < -0.39 is 0 Å². The van der Waals surface area contributed by atoms with Gasteiger partial charge in [0.25, 0.3) is 0 Å². The lowest BCUT2D eigenvalue weighted by atomic mass is 10.1. The average Bonchev–Trinajstić information content (AvgIpc) is 2.01. The number of phenolic OH excluding ortho intramolecular Hbond substituents is 1. The normalized spacial score (nSPS) is 10.9. The first-order valence-electron chi connectivity index (χ1n) is 3.77. The summed E-state index contributed by atoms with van der Waals surface area (Å²) in [6.07, 6.45) is 3.68. The first kappa shape index (κ1) is 9.14. The van der Waals surface area contributed by atoms with Crippen molar-refractivity contribution in [3.8, 4) is 5.75 Å². The van der Waals surface area contributed by atoms with Crippen LogP contribution in [0.3, 0.4) is 0 Å². The molecule has 1 aromatic carbocycles. The number of aromatic hydroxyl groups is 1. The van der Waals surface area contributed by atoms with Crippen molar-refractivity contribution in [1.29, 1.82) is 0 Å². The first-order chi connectivity index (χ1) is 5.65. The molecule has 0 aliphatic heterocycles. The predicted molar refractivity (Wildman–Crippen MR) is 52.6 cm³/mol. The Hall–Kier alpha value is -0.950. The maximum Gasteiger partial charge on any atom is 0.123 e. The van der Waals surface area contributed by atoms with Gasteiger partial charge in [-0.3, -0.25) is 0 Å². The zero-order valence-corrected chi connectivity index (χ0v) is 7.89. The Morgan fingerprint density at radius 3 is 2.67 bits per heavy atom. The molecule has 0 radical (unpaired) electrons. The number of hydrogen-bond acceptors (Lipinski definition) is 1. The molecule has 0 atom stereocenters. The van der Waals surface area contributed by atoms with Crippen molar-refractivity contribution in [3.05, 3.63) is 34.4 Å². The molecule has 0 unspecified atom stereocenters. The molecule has 0 saturated heterocycles. The van der Waals surface area contributed by atoms with Crippen LogP contribution in [-0.4, -0.2) is 5.11 Å². The molecule has 0 heterocycles. The zero-order valence-electron chi connectivity index (χ0n) is 7.13. The molecule has 0 fully saturated rings. The summed E-state index contributed by atoms with van der Waals surface area (Å²) in [6, 6.07) is 3.42. The van der Waals surface area contributed by atoms with Gasteiger partial charge < -0.3 is 5.11 Å². The minimum atomic E-state index is 0.273. The van der Waals surface area contributed by atoms with Crippen LogP contribution in [0.4, 0.5) is 0 Å². The van der Waals surface area contributed by atoms with Crippen molar-refractivity contribution in [2.75, 3.05) is 0 Å². The number of hydrogen-bond donors (Lipinski definition) is 1. The second kappa shape index (κ2) is 3.63. The fraction of sp³-hybridized carbons (Fsp3) is 0.200. The van der Waals surface area contributed by atoms with Gasteiger partial charge in [-0.05, 0) is 31.5 Å². The van der Waals surface area contributed by atoms with E-state index in [1.165, 1.54) is 0 Å². The van der Waals surface area contributed by atoms with E-state index in [2.05, 4.69) is 0 Å². The third kappa shape index (κ3) is 1.80. The van der Waals surface area contributed by atoms with E-state index in [0.29, 0.717) is 5.02 Å². The van der Waals surface area contributed by atoms with Crippen LogP contribution < -0.4 is 0 Å². The topological polar surface area (TPSA) is 20.2 Å². The summed E-state index contributed by atoms with van der Waals surface area (Å²) in [6.45, 7) is 3.76. The van der Waals surface area contributed by atoms with Crippen LogP contribution in [0.15, 0.2) is 18.2 Å². The number of halogens is 1. The highest BCUT2D eigenvalue weighted by molar-refractivity contribution is 6.31. The van der Waals surface area contributed by atoms with Crippen molar-refractivity contribution >= 4 is 17.7 Å². The summed E-state index contributed by atoms with van der Waals surface area (Å²) in [5, 5.41) is 10.1. The van der Waals surface area contributed by atoms with E-state index >= 15 is 0 Å². The lowest BCUT2D eigenvalue weighted by Crippen LogP contribution is -1.79. The van der Waals surface area contributed by atoms with E-state index in [0.717, 1.165) is 11.1 Å². The van der Waals surface area contributed by atoms with Crippen LogP contribution in [0.25, 0.3) is 6.08 Å². The molecule has 1 nitrogen and oxygen atoms in total. The highest BCUT2D eigenvalue weighted by Gasteiger charge is 2.01. The van der Waals surface area contributed by atoms with E-state index in [1.807, 2.05) is 26.0 Å². The number of allylic oxidation sites excluding steroid dienone is 1. The van der Waals surface area contributed by atoms with Gasteiger partial charge in [0.1, 0.15) is 5.75 Å². The minimum Gasteiger partial charge on any atom is -0.507 e.